The van der Waals surface area contributed by atoms with Gasteiger partial charge in [0.25, 0.3) is 5.89 Å². The van der Waals surface area contributed by atoms with Crippen LogP contribution in [-0.4, -0.2) is 15.2 Å². The van der Waals surface area contributed by atoms with E-state index in [1.165, 1.54) is 0 Å². The molecular formula is C8H6ClN3O2. The van der Waals surface area contributed by atoms with Gasteiger partial charge in [-0.15, -0.1) is 5.10 Å². The van der Waals surface area contributed by atoms with E-state index in [4.69, 9.17) is 16.0 Å². The van der Waals surface area contributed by atoms with Crippen LogP contribution in [0, 0.1) is 6.92 Å². The third kappa shape index (κ3) is 1.54. The SMILES string of the molecule is Cc1nc(Cl)ccc1-c1n[nH]c(=O)o1. The highest BCUT2D eigenvalue weighted by molar-refractivity contribution is 6.29. The number of H-pyrrole nitrogens is 1. The smallest absolute Gasteiger partial charge is 0.388 e. The van der Waals surface area contributed by atoms with E-state index in [0.717, 1.165) is 0 Å². The zero-order valence-electron chi connectivity index (χ0n) is 7.24. The van der Waals surface area contributed by atoms with Crippen LogP contribution in [-0.2, 0) is 0 Å². The van der Waals surface area contributed by atoms with Crippen molar-refractivity contribution in [2.75, 3.05) is 0 Å². The molecule has 5 nitrogen and oxygen atoms in total. The molecule has 2 rings (SSSR count). The first kappa shape index (κ1) is 8.96. The highest BCUT2D eigenvalue weighted by Crippen LogP contribution is 2.19. The number of hydrogen-bond donors (Lipinski definition) is 1. The van der Waals surface area contributed by atoms with Crippen LogP contribution in [0.1, 0.15) is 5.69 Å². The van der Waals surface area contributed by atoms with E-state index < -0.39 is 5.76 Å². The van der Waals surface area contributed by atoms with E-state index in [9.17, 15) is 4.79 Å². The molecule has 0 saturated heterocycles. The molecule has 2 aromatic heterocycles. The van der Waals surface area contributed by atoms with Crippen molar-refractivity contribution >= 4 is 11.6 Å². The summed E-state index contributed by atoms with van der Waals surface area (Å²) in [5, 5.41) is 6.26. The molecule has 0 atom stereocenters. The van der Waals surface area contributed by atoms with Crippen LogP contribution in [0.2, 0.25) is 5.15 Å². The Balaban J connectivity index is 2.57. The van der Waals surface area contributed by atoms with Gasteiger partial charge in [-0.25, -0.2) is 14.9 Å². The molecule has 6 heteroatoms. The van der Waals surface area contributed by atoms with E-state index in [-0.39, 0.29) is 5.89 Å². The lowest BCUT2D eigenvalue weighted by atomic mass is 10.2. The standard InChI is InChI=1S/C8H6ClN3O2/c1-4-5(2-3-6(9)10-4)7-11-12-8(13)14-7/h2-3H,1H3,(H,12,13). The Hall–Kier alpha value is -1.62. The molecule has 0 fully saturated rings. The average molecular weight is 212 g/mol. The molecule has 2 heterocycles. The maximum absolute atomic E-state index is 10.7. The fraction of sp³-hybridized carbons (Fsp3) is 0.125. The molecule has 14 heavy (non-hydrogen) atoms. The van der Waals surface area contributed by atoms with Crippen LogP contribution in [0.5, 0.6) is 0 Å². The van der Waals surface area contributed by atoms with Gasteiger partial charge >= 0.3 is 5.76 Å². The molecule has 0 aliphatic carbocycles. The highest BCUT2D eigenvalue weighted by Gasteiger charge is 2.09. The van der Waals surface area contributed by atoms with E-state index >= 15 is 0 Å². The number of nitrogens with one attached hydrogen (secondary N) is 1. The number of nitrogens with zero attached hydrogens (tertiary/aromatic N) is 2. The van der Waals surface area contributed by atoms with Gasteiger partial charge in [0.15, 0.2) is 0 Å². The molecule has 0 aliphatic rings. The van der Waals surface area contributed by atoms with Crippen LogP contribution in [0.4, 0.5) is 0 Å². The predicted octanol–water partition coefficient (Wildman–Crippen LogP) is 1.39. The molecule has 0 bridgehead atoms. The zero-order chi connectivity index (χ0) is 10.1. The average Bonchev–Trinajstić information content (AvgIpc) is 2.51. The monoisotopic (exact) mass is 211 g/mol. The Morgan fingerprint density at radius 2 is 2.29 bits per heavy atom. The Morgan fingerprint density at radius 3 is 2.86 bits per heavy atom. The summed E-state index contributed by atoms with van der Waals surface area (Å²) in [5.74, 6) is -0.369. The van der Waals surface area contributed by atoms with E-state index in [0.29, 0.717) is 16.4 Å². The van der Waals surface area contributed by atoms with Gasteiger partial charge in [-0.1, -0.05) is 11.6 Å². The van der Waals surface area contributed by atoms with Crippen molar-refractivity contribution in [1.82, 2.24) is 15.2 Å². The Kier molecular flexibility index (Phi) is 2.09. The van der Waals surface area contributed by atoms with Crippen molar-refractivity contribution < 1.29 is 4.42 Å². The molecule has 0 aromatic carbocycles. The van der Waals surface area contributed by atoms with E-state index in [1.54, 1.807) is 19.1 Å². The number of rotatable bonds is 1. The van der Waals surface area contributed by atoms with Gasteiger partial charge in [0.2, 0.25) is 0 Å². The Labute approximate surface area is 83.7 Å². The molecule has 2 aromatic rings. The first-order valence-electron chi connectivity index (χ1n) is 3.86. The maximum atomic E-state index is 10.7. The minimum absolute atomic E-state index is 0.219. The number of hydrogen-bond acceptors (Lipinski definition) is 4. The normalized spacial score (nSPS) is 10.4. The minimum Gasteiger partial charge on any atom is -0.388 e. The lowest BCUT2D eigenvalue weighted by Gasteiger charge is -1.98. The molecule has 0 spiro atoms. The number of aryl methyl sites for hydroxylation is 1. The summed E-state index contributed by atoms with van der Waals surface area (Å²) >= 11 is 5.68. The van der Waals surface area contributed by atoms with Crippen LogP contribution in [0.3, 0.4) is 0 Å². The van der Waals surface area contributed by atoms with Crippen LogP contribution < -0.4 is 5.76 Å². The van der Waals surface area contributed by atoms with Gasteiger partial charge in [0.1, 0.15) is 5.15 Å². The second-order valence-electron chi connectivity index (χ2n) is 2.69. The van der Waals surface area contributed by atoms with Crippen LogP contribution in [0.15, 0.2) is 21.3 Å². The topological polar surface area (TPSA) is 71.8 Å². The highest BCUT2D eigenvalue weighted by atomic mass is 35.5. The molecule has 0 saturated carbocycles. The van der Waals surface area contributed by atoms with E-state index in [2.05, 4.69) is 15.2 Å². The fourth-order valence-corrected chi connectivity index (χ4v) is 1.29. The number of aromatic amines is 1. The molecule has 1 N–H and O–H groups in total. The van der Waals surface area contributed by atoms with Crippen molar-refractivity contribution in [2.24, 2.45) is 0 Å². The van der Waals surface area contributed by atoms with Gasteiger partial charge in [0, 0.05) is 0 Å². The Bertz CT molecular complexity index is 517. The quantitative estimate of drug-likeness (QED) is 0.724. The summed E-state index contributed by atoms with van der Waals surface area (Å²) in [6.07, 6.45) is 0. The van der Waals surface area contributed by atoms with Gasteiger partial charge in [0.05, 0.1) is 11.3 Å². The van der Waals surface area contributed by atoms with Crippen molar-refractivity contribution in [3.63, 3.8) is 0 Å². The minimum atomic E-state index is -0.589. The largest absolute Gasteiger partial charge is 0.434 e. The summed E-state index contributed by atoms with van der Waals surface area (Å²) in [7, 11) is 0. The van der Waals surface area contributed by atoms with Crippen molar-refractivity contribution in [3.8, 4) is 11.5 Å². The summed E-state index contributed by atoms with van der Waals surface area (Å²) < 4.78 is 4.78. The van der Waals surface area contributed by atoms with Crippen LogP contribution in [0.25, 0.3) is 11.5 Å². The van der Waals surface area contributed by atoms with Gasteiger partial charge in [-0.05, 0) is 19.1 Å². The molecule has 0 amide bonds. The number of aromatic nitrogens is 3. The van der Waals surface area contributed by atoms with Crippen LogP contribution >= 0.6 is 11.6 Å². The lowest BCUT2D eigenvalue weighted by molar-refractivity contribution is 0.526. The van der Waals surface area contributed by atoms with Gasteiger partial charge in [-0.3, -0.25) is 0 Å². The van der Waals surface area contributed by atoms with Gasteiger partial charge in [-0.2, -0.15) is 0 Å². The summed E-state index contributed by atoms with van der Waals surface area (Å²) in [5.41, 5.74) is 1.31. The Morgan fingerprint density at radius 1 is 1.50 bits per heavy atom. The lowest BCUT2D eigenvalue weighted by Crippen LogP contribution is -1.93. The molecule has 0 unspecified atom stereocenters. The van der Waals surface area contributed by atoms with Crippen molar-refractivity contribution in [2.45, 2.75) is 6.92 Å². The van der Waals surface area contributed by atoms with Gasteiger partial charge < -0.3 is 4.42 Å². The maximum Gasteiger partial charge on any atom is 0.434 e. The van der Waals surface area contributed by atoms with Crippen molar-refractivity contribution in [3.05, 3.63) is 33.5 Å². The second-order valence-corrected chi connectivity index (χ2v) is 3.07. The third-order valence-electron chi connectivity index (χ3n) is 1.72. The number of pyridine rings is 1. The third-order valence-corrected chi connectivity index (χ3v) is 1.93. The number of halogens is 1. The first-order valence-corrected chi connectivity index (χ1v) is 4.23. The molecule has 72 valence electrons. The van der Waals surface area contributed by atoms with E-state index in [1.807, 2.05) is 0 Å². The molecule has 0 radical (unpaired) electrons. The summed E-state index contributed by atoms with van der Waals surface area (Å²) in [6, 6.07) is 3.31. The molecular weight excluding hydrogens is 206 g/mol. The predicted molar refractivity (Wildman–Crippen MR) is 50.1 cm³/mol. The first-order chi connectivity index (χ1) is 6.66. The second kappa shape index (κ2) is 3.26. The molecule has 0 aliphatic heterocycles. The summed E-state index contributed by atoms with van der Waals surface area (Å²) in [6.45, 7) is 1.76. The van der Waals surface area contributed by atoms with Crippen molar-refractivity contribution in [1.29, 1.82) is 0 Å². The zero-order valence-corrected chi connectivity index (χ0v) is 8.00. The fourth-order valence-electron chi connectivity index (χ4n) is 1.10. The summed E-state index contributed by atoms with van der Waals surface area (Å²) in [4.78, 5) is 14.7.